The number of hydrogen-bond donors (Lipinski definition) is 1. The van der Waals surface area contributed by atoms with Gasteiger partial charge in [0.25, 0.3) is 0 Å². The van der Waals surface area contributed by atoms with Gasteiger partial charge < -0.3 is 19.5 Å². The normalized spacial score (nSPS) is 16.6. The molecule has 2 atom stereocenters. The summed E-state index contributed by atoms with van der Waals surface area (Å²) in [6.07, 6.45) is 7.01. The summed E-state index contributed by atoms with van der Waals surface area (Å²) in [7, 11) is 0. The maximum absolute atomic E-state index is 13.8. The SMILES string of the molecule is CCC[C@H](CC1(C(=O)N[C@@H](COCc2ccc(C)nc2)CC(=O)OCC)CCCC1)C(=O)OC(C)(C)C. The summed E-state index contributed by atoms with van der Waals surface area (Å²) in [5, 5.41) is 3.09. The summed E-state index contributed by atoms with van der Waals surface area (Å²) in [6, 6.07) is 3.32. The maximum Gasteiger partial charge on any atom is 0.309 e. The van der Waals surface area contributed by atoms with Crippen LogP contribution in [0.1, 0.15) is 97.2 Å². The fourth-order valence-electron chi connectivity index (χ4n) is 4.90. The summed E-state index contributed by atoms with van der Waals surface area (Å²) < 4.78 is 16.7. The van der Waals surface area contributed by atoms with E-state index >= 15 is 0 Å². The van der Waals surface area contributed by atoms with Crippen LogP contribution in [-0.4, -0.2) is 47.7 Å². The zero-order valence-electron chi connectivity index (χ0n) is 23.6. The summed E-state index contributed by atoms with van der Waals surface area (Å²) in [5.41, 5.74) is 0.595. The van der Waals surface area contributed by atoms with Crippen molar-refractivity contribution < 1.29 is 28.6 Å². The summed E-state index contributed by atoms with van der Waals surface area (Å²) in [6.45, 7) is 12.1. The largest absolute Gasteiger partial charge is 0.466 e. The molecule has 1 fully saturated rings. The Morgan fingerprint density at radius 2 is 1.84 bits per heavy atom. The fourth-order valence-corrected chi connectivity index (χ4v) is 4.90. The molecule has 0 aromatic carbocycles. The van der Waals surface area contributed by atoms with Crippen LogP contribution >= 0.6 is 0 Å². The molecule has 1 aromatic rings. The topological polar surface area (TPSA) is 104 Å². The quantitative estimate of drug-likeness (QED) is 0.344. The molecule has 1 saturated carbocycles. The summed E-state index contributed by atoms with van der Waals surface area (Å²) in [4.78, 5) is 43.3. The second-order valence-electron chi connectivity index (χ2n) is 11.2. The highest BCUT2D eigenvalue weighted by molar-refractivity contribution is 5.85. The second-order valence-corrected chi connectivity index (χ2v) is 11.2. The third kappa shape index (κ3) is 10.4. The van der Waals surface area contributed by atoms with Gasteiger partial charge in [0.05, 0.1) is 43.6 Å². The Morgan fingerprint density at radius 1 is 1.14 bits per heavy atom. The molecule has 0 unspecified atom stereocenters. The molecule has 1 aromatic heterocycles. The Balaban J connectivity index is 2.13. The number of carbonyl (C=O) groups is 3. The van der Waals surface area contributed by atoms with E-state index in [9.17, 15) is 14.4 Å². The molecule has 1 amide bonds. The molecular weight excluding hydrogens is 472 g/mol. The fraction of sp³-hybridized carbons (Fsp3) is 0.724. The molecule has 208 valence electrons. The van der Waals surface area contributed by atoms with Gasteiger partial charge in [0.1, 0.15) is 5.60 Å². The zero-order chi connectivity index (χ0) is 27.5. The molecule has 0 bridgehead atoms. The van der Waals surface area contributed by atoms with Crippen molar-refractivity contribution in [2.75, 3.05) is 13.2 Å². The number of rotatable bonds is 14. The molecule has 37 heavy (non-hydrogen) atoms. The number of nitrogens with zero attached hydrogens (tertiary/aromatic N) is 1. The third-order valence-corrected chi connectivity index (χ3v) is 6.67. The van der Waals surface area contributed by atoms with E-state index in [4.69, 9.17) is 14.2 Å². The van der Waals surface area contributed by atoms with Crippen LogP contribution in [0.15, 0.2) is 18.3 Å². The smallest absolute Gasteiger partial charge is 0.309 e. The minimum absolute atomic E-state index is 0.0201. The third-order valence-electron chi connectivity index (χ3n) is 6.67. The van der Waals surface area contributed by atoms with Gasteiger partial charge in [-0.15, -0.1) is 0 Å². The van der Waals surface area contributed by atoms with Crippen LogP contribution in [0, 0.1) is 18.3 Å². The van der Waals surface area contributed by atoms with Gasteiger partial charge in [0.15, 0.2) is 0 Å². The van der Waals surface area contributed by atoms with Crippen molar-refractivity contribution in [2.45, 2.75) is 111 Å². The Bertz CT molecular complexity index is 871. The number of aryl methyl sites for hydroxylation is 1. The number of nitrogens with one attached hydrogen (secondary N) is 1. The number of amides is 1. The van der Waals surface area contributed by atoms with Gasteiger partial charge in [-0.05, 0) is 71.9 Å². The number of carbonyl (C=O) groups excluding carboxylic acids is 3. The number of pyridine rings is 1. The van der Waals surface area contributed by atoms with E-state index in [1.54, 1.807) is 13.1 Å². The monoisotopic (exact) mass is 518 g/mol. The minimum Gasteiger partial charge on any atom is -0.466 e. The predicted molar refractivity (Wildman–Crippen MR) is 142 cm³/mol. The molecule has 0 aliphatic heterocycles. The van der Waals surface area contributed by atoms with Crippen LogP contribution in [0.5, 0.6) is 0 Å². The van der Waals surface area contributed by atoms with E-state index in [0.29, 0.717) is 32.3 Å². The van der Waals surface area contributed by atoms with E-state index in [2.05, 4.69) is 10.3 Å². The lowest BCUT2D eigenvalue weighted by Gasteiger charge is -2.34. The van der Waals surface area contributed by atoms with Crippen molar-refractivity contribution in [1.29, 1.82) is 0 Å². The van der Waals surface area contributed by atoms with Crippen molar-refractivity contribution in [2.24, 2.45) is 11.3 Å². The highest BCUT2D eigenvalue weighted by atomic mass is 16.6. The lowest BCUT2D eigenvalue weighted by molar-refractivity contribution is -0.162. The average Bonchev–Trinajstić information content (AvgIpc) is 3.29. The number of ether oxygens (including phenoxy) is 3. The van der Waals surface area contributed by atoms with Gasteiger partial charge in [-0.1, -0.05) is 32.3 Å². The van der Waals surface area contributed by atoms with Gasteiger partial charge in [-0.25, -0.2) is 0 Å². The molecule has 2 rings (SSSR count). The van der Waals surface area contributed by atoms with Crippen LogP contribution in [0.2, 0.25) is 0 Å². The first kappa shape index (κ1) is 30.7. The molecular formula is C29H46N2O6. The summed E-state index contributed by atoms with van der Waals surface area (Å²) in [5.74, 6) is -1.09. The van der Waals surface area contributed by atoms with E-state index in [1.807, 2.05) is 46.8 Å². The molecule has 1 aliphatic carbocycles. The van der Waals surface area contributed by atoms with Crippen molar-refractivity contribution in [3.63, 3.8) is 0 Å². The van der Waals surface area contributed by atoms with Crippen LogP contribution in [0.4, 0.5) is 0 Å². The lowest BCUT2D eigenvalue weighted by atomic mass is 9.75. The van der Waals surface area contributed by atoms with Crippen LogP contribution in [0.25, 0.3) is 0 Å². The average molecular weight is 519 g/mol. The highest BCUT2D eigenvalue weighted by Gasteiger charge is 2.45. The van der Waals surface area contributed by atoms with Gasteiger partial charge in [0.2, 0.25) is 5.91 Å². The van der Waals surface area contributed by atoms with Crippen molar-refractivity contribution >= 4 is 17.8 Å². The van der Waals surface area contributed by atoms with E-state index in [-0.39, 0.29) is 43.4 Å². The van der Waals surface area contributed by atoms with E-state index in [1.165, 1.54) is 0 Å². The second kappa shape index (κ2) is 14.5. The van der Waals surface area contributed by atoms with Crippen molar-refractivity contribution in [1.82, 2.24) is 10.3 Å². The predicted octanol–water partition coefficient (Wildman–Crippen LogP) is 5.05. The lowest BCUT2D eigenvalue weighted by Crippen LogP contribution is -2.48. The molecule has 1 aliphatic rings. The Labute approximate surface area is 222 Å². The van der Waals surface area contributed by atoms with E-state index in [0.717, 1.165) is 30.5 Å². The van der Waals surface area contributed by atoms with Crippen LogP contribution < -0.4 is 5.32 Å². The number of aromatic nitrogens is 1. The van der Waals surface area contributed by atoms with Gasteiger partial charge in [-0.3, -0.25) is 19.4 Å². The molecule has 8 heteroatoms. The van der Waals surface area contributed by atoms with Gasteiger partial charge >= 0.3 is 11.9 Å². The molecule has 1 N–H and O–H groups in total. The number of esters is 2. The first-order valence-corrected chi connectivity index (χ1v) is 13.7. The van der Waals surface area contributed by atoms with Gasteiger partial charge in [0, 0.05) is 11.9 Å². The molecule has 8 nitrogen and oxygen atoms in total. The highest BCUT2D eigenvalue weighted by Crippen LogP contribution is 2.45. The van der Waals surface area contributed by atoms with Gasteiger partial charge in [-0.2, -0.15) is 0 Å². The van der Waals surface area contributed by atoms with Crippen LogP contribution in [0.3, 0.4) is 0 Å². The van der Waals surface area contributed by atoms with Crippen LogP contribution in [-0.2, 0) is 35.2 Å². The molecule has 0 radical (unpaired) electrons. The van der Waals surface area contributed by atoms with Crippen molar-refractivity contribution in [3.8, 4) is 0 Å². The minimum atomic E-state index is -0.662. The number of hydrogen-bond acceptors (Lipinski definition) is 7. The summed E-state index contributed by atoms with van der Waals surface area (Å²) >= 11 is 0. The van der Waals surface area contributed by atoms with E-state index < -0.39 is 17.1 Å². The first-order chi connectivity index (χ1) is 17.5. The zero-order valence-corrected chi connectivity index (χ0v) is 23.6. The molecule has 1 heterocycles. The molecule has 0 spiro atoms. The standard InChI is InChI=1S/C29H46N2O6/c1-7-11-23(26(33)37-28(4,5)6)17-29(14-9-10-15-29)27(34)31-24(16-25(32)36-8-2)20-35-19-22-13-12-21(3)30-18-22/h12-13,18,23-24H,7-11,14-17,19-20H2,1-6H3,(H,31,34)/t23-,24-/m1/s1. The first-order valence-electron chi connectivity index (χ1n) is 13.7. The Hall–Kier alpha value is -2.48. The molecule has 0 saturated heterocycles. The maximum atomic E-state index is 13.8. The van der Waals surface area contributed by atoms with Crippen molar-refractivity contribution in [3.05, 3.63) is 29.6 Å². The Morgan fingerprint density at radius 3 is 2.41 bits per heavy atom. The Kier molecular flexibility index (Phi) is 12.0.